The van der Waals surface area contributed by atoms with Crippen LogP contribution >= 0.6 is 0 Å². The first-order chi connectivity index (χ1) is 10.5. The summed E-state index contributed by atoms with van der Waals surface area (Å²) in [5.41, 5.74) is 2.80. The van der Waals surface area contributed by atoms with Gasteiger partial charge in [0, 0.05) is 51.5 Å². The van der Waals surface area contributed by atoms with Gasteiger partial charge in [-0.05, 0) is 29.5 Å². The molecule has 1 aromatic rings. The van der Waals surface area contributed by atoms with E-state index >= 15 is 0 Å². The largest absolute Gasteiger partial charge is 0.371 e. The van der Waals surface area contributed by atoms with Gasteiger partial charge in [0.2, 0.25) is 0 Å². The fourth-order valence-corrected chi connectivity index (χ4v) is 3.11. The third-order valence-corrected chi connectivity index (χ3v) is 4.09. The first-order valence-electron chi connectivity index (χ1n) is 8.81. The lowest BCUT2D eigenvalue weighted by molar-refractivity contribution is 0.233. The Balaban J connectivity index is 1.98. The van der Waals surface area contributed by atoms with Crippen molar-refractivity contribution in [3.8, 4) is 0 Å². The van der Waals surface area contributed by atoms with Crippen molar-refractivity contribution in [2.75, 3.05) is 44.2 Å². The van der Waals surface area contributed by atoms with Crippen LogP contribution in [0.5, 0.6) is 0 Å². The molecule has 3 nitrogen and oxygen atoms in total. The number of nitrogens with zero attached hydrogens (tertiary/aromatic N) is 2. The van der Waals surface area contributed by atoms with E-state index in [4.69, 9.17) is 0 Å². The standard InChI is InChI=1S/C19H33N3/c1-16(2)13-22(14-17(3)4)19-7-5-18(6-8-19)15-21-11-9-20-10-12-21/h5-8,16-17,20H,9-15H2,1-4H3. The maximum Gasteiger partial charge on any atom is 0.0366 e. The average molecular weight is 303 g/mol. The zero-order valence-corrected chi connectivity index (χ0v) is 14.8. The molecule has 1 heterocycles. The monoisotopic (exact) mass is 303 g/mol. The molecule has 1 aliphatic heterocycles. The van der Waals surface area contributed by atoms with Crippen LogP contribution in [-0.2, 0) is 6.54 Å². The normalized spacial score (nSPS) is 16.5. The van der Waals surface area contributed by atoms with Gasteiger partial charge in [-0.2, -0.15) is 0 Å². The minimum Gasteiger partial charge on any atom is -0.371 e. The summed E-state index contributed by atoms with van der Waals surface area (Å²) < 4.78 is 0. The molecule has 0 spiro atoms. The average Bonchev–Trinajstić information content (AvgIpc) is 2.47. The second kappa shape index (κ2) is 8.54. The van der Waals surface area contributed by atoms with Crippen LogP contribution in [0.4, 0.5) is 5.69 Å². The lowest BCUT2D eigenvalue weighted by Crippen LogP contribution is -2.42. The molecule has 1 N–H and O–H groups in total. The van der Waals surface area contributed by atoms with Gasteiger partial charge < -0.3 is 10.2 Å². The molecule has 0 unspecified atom stereocenters. The van der Waals surface area contributed by atoms with Crippen LogP contribution in [0.3, 0.4) is 0 Å². The number of hydrogen-bond acceptors (Lipinski definition) is 3. The molecule has 0 aromatic heterocycles. The highest BCUT2D eigenvalue weighted by Gasteiger charge is 2.12. The van der Waals surface area contributed by atoms with Crippen LogP contribution in [0, 0.1) is 11.8 Å². The molecule has 1 aromatic carbocycles. The smallest absolute Gasteiger partial charge is 0.0366 e. The Bertz CT molecular complexity index is 409. The number of piperazine rings is 1. The third-order valence-electron chi connectivity index (χ3n) is 4.09. The minimum atomic E-state index is 0.694. The molecule has 1 aliphatic rings. The molecule has 1 saturated heterocycles. The Morgan fingerprint density at radius 3 is 2.00 bits per heavy atom. The van der Waals surface area contributed by atoms with Gasteiger partial charge in [0.05, 0.1) is 0 Å². The summed E-state index contributed by atoms with van der Waals surface area (Å²) in [4.78, 5) is 5.06. The molecule has 0 saturated carbocycles. The van der Waals surface area contributed by atoms with Gasteiger partial charge >= 0.3 is 0 Å². The highest BCUT2D eigenvalue weighted by Crippen LogP contribution is 2.19. The summed E-state index contributed by atoms with van der Waals surface area (Å²) in [5, 5.41) is 3.41. The van der Waals surface area contributed by atoms with E-state index in [-0.39, 0.29) is 0 Å². The van der Waals surface area contributed by atoms with E-state index in [0.717, 1.165) is 45.8 Å². The van der Waals surface area contributed by atoms with Crippen LogP contribution in [-0.4, -0.2) is 44.2 Å². The Morgan fingerprint density at radius 2 is 1.50 bits per heavy atom. The predicted octanol–water partition coefficient (Wildman–Crippen LogP) is 3.21. The number of benzene rings is 1. The Hall–Kier alpha value is -1.06. The maximum absolute atomic E-state index is 3.41. The molecular weight excluding hydrogens is 270 g/mol. The Morgan fingerprint density at radius 1 is 0.955 bits per heavy atom. The van der Waals surface area contributed by atoms with Crippen molar-refractivity contribution in [1.82, 2.24) is 10.2 Å². The van der Waals surface area contributed by atoms with Gasteiger partial charge in [0.25, 0.3) is 0 Å². The van der Waals surface area contributed by atoms with Crippen LogP contribution in [0.2, 0.25) is 0 Å². The molecule has 0 amide bonds. The molecule has 0 atom stereocenters. The molecule has 0 aliphatic carbocycles. The van der Waals surface area contributed by atoms with Crippen molar-refractivity contribution in [2.45, 2.75) is 34.2 Å². The SMILES string of the molecule is CC(C)CN(CC(C)C)c1ccc(CN2CCNCC2)cc1. The molecule has 2 rings (SSSR count). The maximum atomic E-state index is 3.41. The second-order valence-electron chi connectivity index (χ2n) is 7.39. The number of rotatable bonds is 7. The molecule has 3 heteroatoms. The van der Waals surface area contributed by atoms with E-state index in [1.807, 2.05) is 0 Å². The number of nitrogens with one attached hydrogen (secondary N) is 1. The van der Waals surface area contributed by atoms with Crippen molar-refractivity contribution in [1.29, 1.82) is 0 Å². The van der Waals surface area contributed by atoms with Gasteiger partial charge in [-0.1, -0.05) is 39.8 Å². The summed E-state index contributed by atoms with van der Waals surface area (Å²) in [7, 11) is 0. The van der Waals surface area contributed by atoms with Gasteiger partial charge in [-0.3, -0.25) is 4.90 Å². The fourth-order valence-electron chi connectivity index (χ4n) is 3.11. The molecule has 124 valence electrons. The van der Waals surface area contributed by atoms with Crippen molar-refractivity contribution >= 4 is 5.69 Å². The molecule has 1 fully saturated rings. The zero-order valence-electron chi connectivity index (χ0n) is 14.8. The Labute approximate surface area is 136 Å². The second-order valence-corrected chi connectivity index (χ2v) is 7.39. The quantitative estimate of drug-likeness (QED) is 0.834. The van der Waals surface area contributed by atoms with E-state index in [2.05, 4.69) is 67.1 Å². The predicted molar refractivity (Wildman–Crippen MR) is 96.5 cm³/mol. The fraction of sp³-hybridized carbons (Fsp3) is 0.684. The van der Waals surface area contributed by atoms with Crippen molar-refractivity contribution in [2.24, 2.45) is 11.8 Å². The van der Waals surface area contributed by atoms with Crippen LogP contribution in [0.1, 0.15) is 33.3 Å². The topological polar surface area (TPSA) is 18.5 Å². The van der Waals surface area contributed by atoms with E-state index in [0.29, 0.717) is 11.8 Å². The summed E-state index contributed by atoms with van der Waals surface area (Å²) >= 11 is 0. The van der Waals surface area contributed by atoms with Crippen LogP contribution < -0.4 is 10.2 Å². The molecule has 0 bridgehead atoms. The Kier molecular flexibility index (Phi) is 6.71. The summed E-state index contributed by atoms with van der Waals surface area (Å²) in [6.07, 6.45) is 0. The first kappa shape index (κ1) is 17.3. The summed E-state index contributed by atoms with van der Waals surface area (Å²) in [6.45, 7) is 17.1. The number of hydrogen-bond donors (Lipinski definition) is 1. The molecule has 0 radical (unpaired) electrons. The first-order valence-corrected chi connectivity index (χ1v) is 8.81. The van der Waals surface area contributed by atoms with E-state index in [1.165, 1.54) is 11.3 Å². The highest BCUT2D eigenvalue weighted by atomic mass is 15.2. The van der Waals surface area contributed by atoms with Gasteiger partial charge in [0.1, 0.15) is 0 Å². The van der Waals surface area contributed by atoms with E-state index in [1.54, 1.807) is 0 Å². The van der Waals surface area contributed by atoms with Crippen molar-refractivity contribution < 1.29 is 0 Å². The van der Waals surface area contributed by atoms with Gasteiger partial charge in [-0.15, -0.1) is 0 Å². The third kappa shape index (κ3) is 5.62. The summed E-state index contributed by atoms with van der Waals surface area (Å²) in [5.74, 6) is 1.39. The van der Waals surface area contributed by atoms with Crippen molar-refractivity contribution in [3.05, 3.63) is 29.8 Å². The van der Waals surface area contributed by atoms with Crippen LogP contribution in [0.15, 0.2) is 24.3 Å². The minimum absolute atomic E-state index is 0.694. The zero-order chi connectivity index (χ0) is 15.9. The van der Waals surface area contributed by atoms with Crippen molar-refractivity contribution in [3.63, 3.8) is 0 Å². The van der Waals surface area contributed by atoms with Gasteiger partial charge in [0.15, 0.2) is 0 Å². The molecule has 22 heavy (non-hydrogen) atoms. The molecular formula is C19H33N3. The summed E-state index contributed by atoms with van der Waals surface area (Å²) in [6, 6.07) is 9.24. The van der Waals surface area contributed by atoms with E-state index < -0.39 is 0 Å². The van der Waals surface area contributed by atoms with Gasteiger partial charge in [-0.25, -0.2) is 0 Å². The number of anilines is 1. The lowest BCUT2D eigenvalue weighted by Gasteiger charge is -2.29. The van der Waals surface area contributed by atoms with Crippen LogP contribution in [0.25, 0.3) is 0 Å². The highest BCUT2D eigenvalue weighted by molar-refractivity contribution is 5.47. The van der Waals surface area contributed by atoms with E-state index in [9.17, 15) is 0 Å². The lowest BCUT2D eigenvalue weighted by atomic mass is 10.1.